The van der Waals surface area contributed by atoms with Crippen molar-refractivity contribution >= 4 is 5.69 Å². The number of hydrogen-bond acceptors (Lipinski definition) is 1. The van der Waals surface area contributed by atoms with Gasteiger partial charge in [-0.25, -0.2) is 4.39 Å². The summed E-state index contributed by atoms with van der Waals surface area (Å²) in [6.07, 6.45) is -5.28. The van der Waals surface area contributed by atoms with E-state index in [1.54, 1.807) is 37.3 Å². The van der Waals surface area contributed by atoms with E-state index in [2.05, 4.69) is 5.32 Å². The van der Waals surface area contributed by atoms with E-state index in [0.29, 0.717) is 16.8 Å². The Morgan fingerprint density at radius 2 is 1.71 bits per heavy atom. The molecule has 0 aliphatic rings. The van der Waals surface area contributed by atoms with Gasteiger partial charge >= 0.3 is 6.18 Å². The minimum absolute atomic E-state index is 0.382. The number of halogens is 4. The van der Waals surface area contributed by atoms with E-state index in [1.165, 1.54) is 18.2 Å². The first-order valence-corrected chi connectivity index (χ1v) is 6.49. The molecule has 0 aliphatic carbocycles. The molecule has 0 saturated heterocycles. The van der Waals surface area contributed by atoms with Crippen LogP contribution in [0.15, 0.2) is 48.5 Å². The summed E-state index contributed by atoms with van der Waals surface area (Å²) in [5.41, 5.74) is 1.39. The molecule has 0 bridgehead atoms. The highest BCUT2D eigenvalue weighted by Crippen LogP contribution is 2.32. The van der Waals surface area contributed by atoms with E-state index < -0.39 is 18.6 Å². The lowest BCUT2D eigenvalue weighted by atomic mass is 10.0. The fourth-order valence-corrected chi connectivity index (χ4v) is 2.10. The Kier molecular flexibility index (Phi) is 4.50. The van der Waals surface area contributed by atoms with Crippen molar-refractivity contribution in [3.63, 3.8) is 0 Å². The number of nitrogens with one attached hydrogen (secondary N) is 1. The van der Waals surface area contributed by atoms with Crippen LogP contribution in [0.4, 0.5) is 23.2 Å². The molecule has 5 heteroatoms. The van der Waals surface area contributed by atoms with Crippen LogP contribution in [-0.4, -0.2) is 6.18 Å². The quantitative estimate of drug-likeness (QED) is 0.761. The van der Waals surface area contributed by atoms with Crippen molar-refractivity contribution in [2.24, 2.45) is 0 Å². The lowest BCUT2D eigenvalue weighted by Crippen LogP contribution is -2.20. The molecule has 0 radical (unpaired) electrons. The Balaban J connectivity index is 2.25. The van der Waals surface area contributed by atoms with Crippen LogP contribution in [-0.2, 0) is 0 Å². The SMILES string of the molecule is Cc1cc(NC(CC(F)(F)F)c2ccccc2)ccc1F. The number of alkyl halides is 3. The molecule has 0 aliphatic heterocycles. The van der Waals surface area contributed by atoms with Crippen LogP contribution < -0.4 is 5.32 Å². The molecule has 0 aromatic heterocycles. The van der Waals surface area contributed by atoms with E-state index in [0.717, 1.165) is 0 Å². The Bertz CT molecular complexity index is 593. The maximum Gasteiger partial charge on any atom is 0.391 e. The van der Waals surface area contributed by atoms with Gasteiger partial charge < -0.3 is 5.32 Å². The normalized spacial score (nSPS) is 13.0. The summed E-state index contributed by atoms with van der Waals surface area (Å²) in [5, 5.41) is 2.83. The van der Waals surface area contributed by atoms with E-state index in [4.69, 9.17) is 0 Å². The zero-order chi connectivity index (χ0) is 15.5. The summed E-state index contributed by atoms with van der Waals surface area (Å²) in [6, 6.07) is 11.7. The van der Waals surface area contributed by atoms with Gasteiger partial charge in [-0.15, -0.1) is 0 Å². The van der Waals surface area contributed by atoms with Crippen molar-refractivity contribution in [2.75, 3.05) is 5.32 Å². The molecule has 0 amide bonds. The molecular weight excluding hydrogens is 282 g/mol. The smallest absolute Gasteiger partial charge is 0.378 e. The molecule has 0 fully saturated rings. The molecule has 1 nitrogen and oxygen atoms in total. The van der Waals surface area contributed by atoms with E-state index in [1.807, 2.05) is 0 Å². The van der Waals surface area contributed by atoms with Gasteiger partial charge in [0.2, 0.25) is 0 Å². The molecule has 1 unspecified atom stereocenters. The summed E-state index contributed by atoms with van der Waals surface area (Å²) in [4.78, 5) is 0. The maximum absolute atomic E-state index is 13.2. The first-order chi connectivity index (χ1) is 9.85. The van der Waals surface area contributed by atoms with Gasteiger partial charge in [-0.1, -0.05) is 30.3 Å². The first kappa shape index (κ1) is 15.4. The minimum Gasteiger partial charge on any atom is -0.378 e. The molecule has 0 saturated carbocycles. The average molecular weight is 297 g/mol. The second-order valence-corrected chi connectivity index (χ2v) is 4.89. The highest BCUT2D eigenvalue weighted by Gasteiger charge is 2.32. The molecule has 112 valence electrons. The van der Waals surface area contributed by atoms with Crippen LogP contribution in [0, 0.1) is 12.7 Å². The number of benzene rings is 2. The van der Waals surface area contributed by atoms with Gasteiger partial charge in [0.05, 0.1) is 12.5 Å². The van der Waals surface area contributed by atoms with Crippen LogP contribution in [0.25, 0.3) is 0 Å². The lowest BCUT2D eigenvalue weighted by Gasteiger charge is -2.22. The monoisotopic (exact) mass is 297 g/mol. The van der Waals surface area contributed by atoms with Crippen molar-refractivity contribution in [3.05, 3.63) is 65.5 Å². The fourth-order valence-electron chi connectivity index (χ4n) is 2.10. The molecule has 2 rings (SSSR count). The zero-order valence-corrected chi connectivity index (χ0v) is 11.4. The van der Waals surface area contributed by atoms with Gasteiger partial charge in [0.25, 0.3) is 0 Å². The Morgan fingerprint density at radius 3 is 2.29 bits per heavy atom. The van der Waals surface area contributed by atoms with Gasteiger partial charge in [0, 0.05) is 5.69 Å². The second-order valence-electron chi connectivity index (χ2n) is 4.89. The molecule has 1 N–H and O–H groups in total. The second kappa shape index (κ2) is 6.16. The van der Waals surface area contributed by atoms with Crippen LogP contribution in [0.1, 0.15) is 23.6 Å². The van der Waals surface area contributed by atoms with Crippen molar-refractivity contribution in [3.8, 4) is 0 Å². The van der Waals surface area contributed by atoms with Crippen molar-refractivity contribution in [1.29, 1.82) is 0 Å². The van der Waals surface area contributed by atoms with Crippen LogP contribution in [0.2, 0.25) is 0 Å². The predicted molar refractivity (Wildman–Crippen MR) is 74.6 cm³/mol. The maximum atomic E-state index is 13.2. The standard InChI is InChI=1S/C16H15F4N/c1-11-9-13(7-8-14(11)17)21-15(10-16(18,19)20)12-5-3-2-4-6-12/h2-9,15,21H,10H2,1H3. The van der Waals surface area contributed by atoms with Gasteiger partial charge in [-0.3, -0.25) is 0 Å². The molecular formula is C16H15F4N. The third-order valence-corrected chi connectivity index (χ3v) is 3.14. The summed E-state index contributed by atoms with van der Waals surface area (Å²) in [7, 11) is 0. The van der Waals surface area contributed by atoms with Crippen molar-refractivity contribution in [1.82, 2.24) is 0 Å². The molecule has 0 heterocycles. The van der Waals surface area contributed by atoms with Gasteiger partial charge in [0.1, 0.15) is 5.82 Å². The van der Waals surface area contributed by atoms with Gasteiger partial charge in [-0.05, 0) is 36.2 Å². The molecule has 21 heavy (non-hydrogen) atoms. The van der Waals surface area contributed by atoms with Crippen molar-refractivity contribution < 1.29 is 17.6 Å². The Hall–Kier alpha value is -2.04. The Labute approximate surface area is 120 Å². The third kappa shape index (κ3) is 4.48. The van der Waals surface area contributed by atoms with Gasteiger partial charge in [-0.2, -0.15) is 13.2 Å². The van der Waals surface area contributed by atoms with Crippen molar-refractivity contribution in [2.45, 2.75) is 25.6 Å². The molecule has 0 spiro atoms. The lowest BCUT2D eigenvalue weighted by molar-refractivity contribution is -0.137. The van der Waals surface area contributed by atoms with Crippen LogP contribution in [0.3, 0.4) is 0 Å². The number of anilines is 1. The topological polar surface area (TPSA) is 12.0 Å². The van der Waals surface area contributed by atoms with Crippen LogP contribution >= 0.6 is 0 Å². The average Bonchev–Trinajstić information content (AvgIpc) is 2.42. The highest BCUT2D eigenvalue weighted by atomic mass is 19.4. The molecule has 2 aromatic rings. The number of rotatable bonds is 4. The van der Waals surface area contributed by atoms with Crippen LogP contribution in [0.5, 0.6) is 0 Å². The minimum atomic E-state index is -4.29. The largest absolute Gasteiger partial charge is 0.391 e. The number of hydrogen-bond donors (Lipinski definition) is 1. The first-order valence-electron chi connectivity index (χ1n) is 6.49. The van der Waals surface area contributed by atoms with Gasteiger partial charge in [0.15, 0.2) is 0 Å². The van der Waals surface area contributed by atoms with E-state index >= 15 is 0 Å². The Morgan fingerprint density at radius 1 is 1.05 bits per heavy atom. The summed E-state index contributed by atoms with van der Waals surface area (Å²) < 4.78 is 51.4. The summed E-state index contributed by atoms with van der Waals surface area (Å²) in [5.74, 6) is -0.382. The highest BCUT2D eigenvalue weighted by molar-refractivity contribution is 5.48. The molecule has 2 aromatic carbocycles. The van der Waals surface area contributed by atoms with E-state index in [-0.39, 0.29) is 5.82 Å². The molecule has 1 atom stereocenters. The summed E-state index contributed by atoms with van der Waals surface area (Å²) >= 11 is 0. The fraction of sp³-hybridized carbons (Fsp3) is 0.250. The predicted octanol–water partition coefficient (Wildman–Crippen LogP) is 5.24. The third-order valence-electron chi connectivity index (χ3n) is 3.14. The summed E-state index contributed by atoms with van der Waals surface area (Å²) in [6.45, 7) is 1.57. The zero-order valence-electron chi connectivity index (χ0n) is 11.4. The number of aryl methyl sites for hydroxylation is 1. The van der Waals surface area contributed by atoms with E-state index in [9.17, 15) is 17.6 Å².